The van der Waals surface area contributed by atoms with E-state index < -0.39 is 0 Å². The van der Waals surface area contributed by atoms with E-state index in [1.54, 1.807) is 5.56 Å². The van der Waals surface area contributed by atoms with E-state index in [4.69, 9.17) is 0 Å². The lowest BCUT2D eigenvalue weighted by Crippen LogP contribution is -2.48. The van der Waals surface area contributed by atoms with Gasteiger partial charge >= 0.3 is 0 Å². The van der Waals surface area contributed by atoms with Gasteiger partial charge in [-0.3, -0.25) is 0 Å². The Morgan fingerprint density at radius 3 is 2.62 bits per heavy atom. The van der Waals surface area contributed by atoms with Gasteiger partial charge in [0.25, 0.3) is 0 Å². The van der Waals surface area contributed by atoms with Crippen LogP contribution in [0.5, 0.6) is 0 Å². The van der Waals surface area contributed by atoms with Crippen molar-refractivity contribution in [2.24, 2.45) is 0 Å². The molecule has 1 aliphatic carbocycles. The number of aryl methyl sites for hydroxylation is 1. The number of piperidine rings is 1. The summed E-state index contributed by atoms with van der Waals surface area (Å²) < 4.78 is 0. The maximum Gasteiger partial charge on any atom is 0.0379 e. The topological polar surface area (TPSA) is 15.3 Å². The van der Waals surface area contributed by atoms with E-state index in [9.17, 15) is 0 Å². The van der Waals surface area contributed by atoms with Crippen molar-refractivity contribution < 1.29 is 0 Å². The number of hydrogen-bond acceptors (Lipinski definition) is 2. The van der Waals surface area contributed by atoms with Crippen LogP contribution in [0.3, 0.4) is 0 Å². The summed E-state index contributed by atoms with van der Waals surface area (Å²) >= 11 is 0. The summed E-state index contributed by atoms with van der Waals surface area (Å²) in [5.74, 6) is 0. The summed E-state index contributed by atoms with van der Waals surface area (Å²) in [6.07, 6.45) is 9.94. The van der Waals surface area contributed by atoms with E-state index >= 15 is 0 Å². The number of rotatable bonds is 1. The predicted molar refractivity (Wildman–Crippen MR) is 89.0 cm³/mol. The van der Waals surface area contributed by atoms with Gasteiger partial charge in [0.15, 0.2) is 0 Å². The highest BCUT2D eigenvalue weighted by molar-refractivity contribution is 5.61. The second-order valence-electron chi connectivity index (χ2n) is 7.51. The zero-order valence-electron chi connectivity index (χ0n) is 13.3. The van der Waals surface area contributed by atoms with Gasteiger partial charge in [-0.15, -0.1) is 0 Å². The molecule has 0 bridgehead atoms. The van der Waals surface area contributed by atoms with Crippen molar-refractivity contribution in [3.63, 3.8) is 0 Å². The molecule has 1 aromatic carbocycles. The third-order valence-corrected chi connectivity index (χ3v) is 6.21. The largest absolute Gasteiger partial charge is 0.384 e. The zero-order chi connectivity index (χ0) is 14.3. The minimum atomic E-state index is 0.423. The fraction of sp³-hybridized carbons (Fsp3) is 0.684. The van der Waals surface area contributed by atoms with Crippen molar-refractivity contribution in [3.05, 3.63) is 29.3 Å². The Balaban J connectivity index is 1.49. The molecule has 2 heterocycles. The van der Waals surface area contributed by atoms with Crippen LogP contribution in [0.2, 0.25) is 0 Å². The lowest BCUT2D eigenvalue weighted by Gasteiger charge is -2.44. The van der Waals surface area contributed by atoms with Gasteiger partial charge in [0.2, 0.25) is 0 Å². The van der Waals surface area contributed by atoms with Crippen molar-refractivity contribution in [1.82, 2.24) is 4.90 Å². The summed E-state index contributed by atoms with van der Waals surface area (Å²) in [6, 6.07) is 7.85. The SMILES string of the molecule is Cc1ccc2c(c1)C1(CCN(C3CCCCC3)CC1)CN2. The van der Waals surface area contributed by atoms with Gasteiger partial charge in [-0.25, -0.2) is 0 Å². The van der Waals surface area contributed by atoms with E-state index in [0.29, 0.717) is 5.41 Å². The number of likely N-dealkylation sites (tertiary alicyclic amines) is 1. The molecule has 1 N–H and O–H groups in total. The van der Waals surface area contributed by atoms with Gasteiger partial charge in [0, 0.05) is 23.7 Å². The lowest BCUT2D eigenvalue weighted by atomic mass is 9.73. The molecule has 0 atom stereocenters. The van der Waals surface area contributed by atoms with E-state index in [2.05, 4.69) is 35.3 Å². The van der Waals surface area contributed by atoms with Crippen LogP contribution in [-0.2, 0) is 5.41 Å². The van der Waals surface area contributed by atoms with E-state index in [1.165, 1.54) is 69.3 Å². The first-order valence-electron chi connectivity index (χ1n) is 8.86. The minimum Gasteiger partial charge on any atom is -0.384 e. The van der Waals surface area contributed by atoms with Gasteiger partial charge in [-0.2, -0.15) is 0 Å². The van der Waals surface area contributed by atoms with Gasteiger partial charge in [-0.05, 0) is 57.3 Å². The van der Waals surface area contributed by atoms with E-state index in [1.807, 2.05) is 0 Å². The number of benzene rings is 1. The number of fused-ring (bicyclic) bond motifs is 2. The molecule has 2 aliphatic heterocycles. The van der Waals surface area contributed by atoms with Crippen molar-refractivity contribution in [3.8, 4) is 0 Å². The third-order valence-electron chi connectivity index (χ3n) is 6.21. The van der Waals surface area contributed by atoms with Crippen LogP contribution < -0.4 is 5.32 Å². The minimum absolute atomic E-state index is 0.423. The maximum atomic E-state index is 3.66. The first-order valence-corrected chi connectivity index (χ1v) is 8.86. The summed E-state index contributed by atoms with van der Waals surface area (Å²) in [6.45, 7) is 5.99. The lowest BCUT2D eigenvalue weighted by molar-refractivity contribution is 0.0982. The molecule has 0 unspecified atom stereocenters. The Morgan fingerprint density at radius 2 is 1.86 bits per heavy atom. The van der Waals surface area contributed by atoms with Crippen LogP contribution >= 0.6 is 0 Å². The monoisotopic (exact) mass is 284 g/mol. The molecule has 1 spiro atoms. The predicted octanol–water partition coefficient (Wildman–Crippen LogP) is 4.09. The van der Waals surface area contributed by atoms with Gasteiger partial charge in [0.05, 0.1) is 0 Å². The fourth-order valence-electron chi connectivity index (χ4n) is 4.82. The first-order chi connectivity index (χ1) is 10.3. The van der Waals surface area contributed by atoms with Crippen LogP contribution in [0.4, 0.5) is 5.69 Å². The molecule has 2 fully saturated rings. The molecule has 4 rings (SSSR count). The second kappa shape index (κ2) is 5.31. The molecular weight excluding hydrogens is 256 g/mol. The Morgan fingerprint density at radius 1 is 1.10 bits per heavy atom. The normalized spacial score (nSPS) is 25.8. The maximum absolute atomic E-state index is 3.66. The van der Waals surface area contributed by atoms with Gasteiger partial charge in [-0.1, -0.05) is 37.0 Å². The quantitative estimate of drug-likeness (QED) is 0.835. The van der Waals surface area contributed by atoms with Crippen LogP contribution in [0.15, 0.2) is 18.2 Å². The number of nitrogens with one attached hydrogen (secondary N) is 1. The standard InChI is InChI=1S/C19H28N2/c1-15-7-8-18-17(13-15)19(14-20-18)9-11-21(12-10-19)16-5-3-2-4-6-16/h7-8,13,16,20H,2-6,9-12,14H2,1H3. The molecule has 0 amide bonds. The van der Waals surface area contributed by atoms with Gasteiger partial charge < -0.3 is 10.2 Å². The molecule has 1 saturated heterocycles. The number of hydrogen-bond donors (Lipinski definition) is 1. The summed E-state index contributed by atoms with van der Waals surface area (Å²) in [7, 11) is 0. The Labute approximate surface area is 128 Å². The third kappa shape index (κ3) is 2.38. The Hall–Kier alpha value is -1.02. The highest BCUT2D eigenvalue weighted by atomic mass is 15.2. The molecule has 21 heavy (non-hydrogen) atoms. The smallest absolute Gasteiger partial charge is 0.0379 e. The summed E-state index contributed by atoms with van der Waals surface area (Å²) in [5.41, 5.74) is 4.83. The van der Waals surface area contributed by atoms with E-state index in [-0.39, 0.29) is 0 Å². The van der Waals surface area contributed by atoms with Crippen LogP contribution in [0, 0.1) is 6.92 Å². The molecule has 2 heteroatoms. The molecule has 114 valence electrons. The molecule has 0 radical (unpaired) electrons. The molecule has 0 aromatic heterocycles. The molecular formula is C19H28N2. The van der Waals surface area contributed by atoms with E-state index in [0.717, 1.165) is 12.6 Å². The molecule has 1 saturated carbocycles. The molecule has 2 nitrogen and oxygen atoms in total. The van der Waals surface area contributed by atoms with Gasteiger partial charge in [0.1, 0.15) is 0 Å². The van der Waals surface area contributed by atoms with Crippen molar-refractivity contribution >= 4 is 5.69 Å². The second-order valence-corrected chi connectivity index (χ2v) is 7.51. The fourth-order valence-corrected chi connectivity index (χ4v) is 4.82. The molecule has 1 aromatic rings. The number of nitrogens with zero attached hydrogens (tertiary/aromatic N) is 1. The van der Waals surface area contributed by atoms with Crippen molar-refractivity contribution in [2.45, 2.75) is 63.3 Å². The van der Waals surface area contributed by atoms with Crippen LogP contribution in [0.25, 0.3) is 0 Å². The summed E-state index contributed by atoms with van der Waals surface area (Å²) in [5, 5.41) is 3.66. The first kappa shape index (κ1) is 13.6. The highest BCUT2D eigenvalue weighted by Gasteiger charge is 2.42. The average Bonchev–Trinajstić information content (AvgIpc) is 2.87. The van der Waals surface area contributed by atoms with Crippen LogP contribution in [0.1, 0.15) is 56.1 Å². The molecule has 3 aliphatic rings. The average molecular weight is 284 g/mol. The van der Waals surface area contributed by atoms with Crippen molar-refractivity contribution in [1.29, 1.82) is 0 Å². The zero-order valence-corrected chi connectivity index (χ0v) is 13.3. The highest BCUT2D eigenvalue weighted by Crippen LogP contribution is 2.45. The van der Waals surface area contributed by atoms with Crippen molar-refractivity contribution in [2.75, 3.05) is 25.0 Å². The Kier molecular flexibility index (Phi) is 3.45. The number of anilines is 1. The van der Waals surface area contributed by atoms with Crippen LogP contribution in [-0.4, -0.2) is 30.6 Å². The summed E-state index contributed by atoms with van der Waals surface area (Å²) in [4.78, 5) is 2.80. The Bertz CT molecular complexity index is 508.